The zero-order chi connectivity index (χ0) is 17.1. The van der Waals surface area contributed by atoms with Gasteiger partial charge >= 0.3 is 0 Å². The zero-order valence-corrected chi connectivity index (χ0v) is 15.5. The molecule has 1 heterocycles. The van der Waals surface area contributed by atoms with Crippen LogP contribution in [0, 0.1) is 0 Å². The van der Waals surface area contributed by atoms with Crippen LogP contribution < -0.4 is 10.5 Å². The Labute approximate surface area is 155 Å². The molecule has 2 unspecified atom stereocenters. The van der Waals surface area contributed by atoms with Crippen molar-refractivity contribution in [3.8, 4) is 5.75 Å². The number of methoxy groups -OCH3 is 1. The molecule has 1 saturated heterocycles. The molecule has 0 spiro atoms. The number of halogens is 1. The summed E-state index contributed by atoms with van der Waals surface area (Å²) in [5.74, 6) is 1.33. The summed E-state index contributed by atoms with van der Waals surface area (Å²) in [6.07, 6.45) is 0.985. The van der Waals surface area contributed by atoms with Crippen LogP contribution in [0.25, 0.3) is 0 Å². The average molecular weight is 361 g/mol. The summed E-state index contributed by atoms with van der Waals surface area (Å²) < 4.78 is 5.22. The van der Waals surface area contributed by atoms with Gasteiger partial charge in [0.25, 0.3) is 5.91 Å². The van der Waals surface area contributed by atoms with Crippen molar-refractivity contribution in [3.63, 3.8) is 0 Å². The largest absolute Gasteiger partial charge is 0.497 e. The fourth-order valence-corrected chi connectivity index (χ4v) is 3.38. The third-order valence-corrected chi connectivity index (χ3v) is 4.86. The first-order valence-corrected chi connectivity index (χ1v) is 8.36. The lowest BCUT2D eigenvalue weighted by atomic mass is 9.97. The van der Waals surface area contributed by atoms with Crippen LogP contribution >= 0.6 is 12.4 Å². The Morgan fingerprint density at radius 1 is 1.16 bits per heavy atom. The predicted octanol–water partition coefficient (Wildman–Crippen LogP) is 3.59. The third-order valence-electron chi connectivity index (χ3n) is 4.86. The number of likely N-dealkylation sites (tertiary alicyclic amines) is 1. The predicted molar refractivity (Wildman–Crippen MR) is 102 cm³/mol. The monoisotopic (exact) mass is 360 g/mol. The van der Waals surface area contributed by atoms with Gasteiger partial charge in [0, 0.05) is 30.6 Å². The second kappa shape index (κ2) is 8.37. The molecule has 2 N–H and O–H groups in total. The SMILES string of the molecule is COc1ccc(C2CC(C)N(C(=O)c3ccc(CN)cc3)C2)cc1.Cl. The highest BCUT2D eigenvalue weighted by molar-refractivity contribution is 5.94. The highest BCUT2D eigenvalue weighted by atomic mass is 35.5. The molecule has 0 bridgehead atoms. The van der Waals surface area contributed by atoms with Gasteiger partial charge in [-0.15, -0.1) is 12.4 Å². The van der Waals surface area contributed by atoms with E-state index in [-0.39, 0.29) is 24.4 Å². The van der Waals surface area contributed by atoms with Crippen molar-refractivity contribution in [3.05, 3.63) is 65.2 Å². The number of hydrogen-bond acceptors (Lipinski definition) is 3. The second-order valence-electron chi connectivity index (χ2n) is 6.41. The Morgan fingerprint density at radius 2 is 1.80 bits per heavy atom. The van der Waals surface area contributed by atoms with Crippen molar-refractivity contribution in [1.29, 1.82) is 0 Å². The lowest BCUT2D eigenvalue weighted by Gasteiger charge is -2.21. The lowest BCUT2D eigenvalue weighted by molar-refractivity contribution is 0.0746. The summed E-state index contributed by atoms with van der Waals surface area (Å²) in [5, 5.41) is 0. The molecule has 2 atom stereocenters. The Hall–Kier alpha value is -2.04. The molecule has 1 amide bonds. The summed E-state index contributed by atoms with van der Waals surface area (Å²) in [7, 11) is 1.67. The number of amides is 1. The maximum absolute atomic E-state index is 12.8. The van der Waals surface area contributed by atoms with Crippen LogP contribution in [0.15, 0.2) is 48.5 Å². The van der Waals surface area contributed by atoms with E-state index in [0.717, 1.165) is 29.8 Å². The van der Waals surface area contributed by atoms with Crippen molar-refractivity contribution in [1.82, 2.24) is 4.90 Å². The molecule has 134 valence electrons. The number of carbonyl (C=O) groups excluding carboxylic acids is 1. The molecule has 25 heavy (non-hydrogen) atoms. The van der Waals surface area contributed by atoms with Gasteiger partial charge in [0.05, 0.1) is 7.11 Å². The van der Waals surface area contributed by atoms with Gasteiger partial charge in [-0.25, -0.2) is 0 Å². The highest BCUT2D eigenvalue weighted by Crippen LogP contribution is 2.33. The van der Waals surface area contributed by atoms with E-state index in [1.165, 1.54) is 5.56 Å². The van der Waals surface area contributed by atoms with E-state index in [0.29, 0.717) is 12.5 Å². The summed E-state index contributed by atoms with van der Waals surface area (Å²) >= 11 is 0. The summed E-state index contributed by atoms with van der Waals surface area (Å²) in [6.45, 7) is 3.37. The van der Waals surface area contributed by atoms with Gasteiger partial charge in [-0.1, -0.05) is 24.3 Å². The molecule has 0 saturated carbocycles. The fraction of sp³-hybridized carbons (Fsp3) is 0.350. The Balaban J connectivity index is 0.00000225. The van der Waals surface area contributed by atoms with Gasteiger partial charge in [0.1, 0.15) is 5.75 Å². The smallest absolute Gasteiger partial charge is 0.254 e. The van der Waals surface area contributed by atoms with Gasteiger partial charge in [-0.3, -0.25) is 4.79 Å². The summed E-state index contributed by atoms with van der Waals surface area (Å²) in [5.41, 5.74) is 8.65. The van der Waals surface area contributed by atoms with E-state index in [1.54, 1.807) is 7.11 Å². The number of nitrogens with two attached hydrogens (primary N) is 1. The van der Waals surface area contributed by atoms with Crippen LogP contribution in [0.3, 0.4) is 0 Å². The zero-order valence-electron chi connectivity index (χ0n) is 14.6. The maximum atomic E-state index is 12.8. The number of benzene rings is 2. The molecule has 0 radical (unpaired) electrons. The van der Waals surface area contributed by atoms with Crippen LogP contribution in [0.4, 0.5) is 0 Å². The third kappa shape index (κ3) is 4.14. The summed E-state index contributed by atoms with van der Waals surface area (Å²) in [4.78, 5) is 14.8. The maximum Gasteiger partial charge on any atom is 0.254 e. The minimum absolute atomic E-state index is 0. The molecule has 0 aliphatic carbocycles. The number of nitrogens with zero attached hydrogens (tertiary/aromatic N) is 1. The van der Waals surface area contributed by atoms with Crippen molar-refractivity contribution >= 4 is 18.3 Å². The van der Waals surface area contributed by atoms with Gasteiger partial charge in [-0.05, 0) is 48.7 Å². The van der Waals surface area contributed by atoms with Crippen LogP contribution in [0.5, 0.6) is 5.75 Å². The van der Waals surface area contributed by atoms with Crippen molar-refractivity contribution in [2.45, 2.75) is 31.8 Å². The number of rotatable bonds is 4. The van der Waals surface area contributed by atoms with Gasteiger partial charge in [0.2, 0.25) is 0 Å². The molecule has 3 rings (SSSR count). The van der Waals surface area contributed by atoms with Crippen LogP contribution in [0.1, 0.15) is 40.7 Å². The van der Waals surface area contributed by atoms with E-state index in [2.05, 4.69) is 19.1 Å². The van der Waals surface area contributed by atoms with Gasteiger partial charge in [-0.2, -0.15) is 0 Å². The van der Waals surface area contributed by atoms with Gasteiger partial charge < -0.3 is 15.4 Å². The normalized spacial score (nSPS) is 19.4. The molecule has 0 aromatic heterocycles. The Bertz CT molecular complexity index is 701. The molecular formula is C20H25ClN2O2. The quantitative estimate of drug-likeness (QED) is 0.906. The van der Waals surface area contributed by atoms with Gasteiger partial charge in [0.15, 0.2) is 0 Å². The van der Waals surface area contributed by atoms with Crippen molar-refractivity contribution < 1.29 is 9.53 Å². The van der Waals surface area contributed by atoms with E-state index in [1.807, 2.05) is 41.3 Å². The topological polar surface area (TPSA) is 55.6 Å². The molecule has 2 aromatic carbocycles. The standard InChI is InChI=1S/C20H24N2O2.ClH/c1-14-11-18(16-7-9-19(24-2)10-8-16)13-22(14)20(23)17-5-3-15(12-21)4-6-17;/h3-10,14,18H,11-13,21H2,1-2H3;1H. The van der Waals surface area contributed by atoms with Crippen molar-refractivity contribution in [2.75, 3.05) is 13.7 Å². The Morgan fingerprint density at radius 3 is 2.36 bits per heavy atom. The molecular weight excluding hydrogens is 336 g/mol. The molecule has 1 aliphatic rings. The first-order chi connectivity index (χ1) is 11.6. The average Bonchev–Trinajstić information content (AvgIpc) is 3.03. The van der Waals surface area contributed by atoms with E-state index < -0.39 is 0 Å². The van der Waals surface area contributed by atoms with E-state index in [9.17, 15) is 4.79 Å². The van der Waals surface area contributed by atoms with E-state index >= 15 is 0 Å². The highest BCUT2D eigenvalue weighted by Gasteiger charge is 2.33. The molecule has 4 nitrogen and oxygen atoms in total. The first kappa shape index (κ1) is 19.3. The number of carbonyl (C=O) groups is 1. The van der Waals surface area contributed by atoms with E-state index in [4.69, 9.17) is 10.5 Å². The molecule has 1 fully saturated rings. The number of ether oxygens (including phenoxy) is 1. The van der Waals surface area contributed by atoms with Crippen LogP contribution in [-0.2, 0) is 6.54 Å². The molecule has 5 heteroatoms. The summed E-state index contributed by atoms with van der Waals surface area (Å²) in [6, 6.07) is 16.0. The Kier molecular flexibility index (Phi) is 6.45. The number of hydrogen-bond donors (Lipinski definition) is 1. The minimum Gasteiger partial charge on any atom is -0.497 e. The van der Waals surface area contributed by atoms with Crippen molar-refractivity contribution in [2.24, 2.45) is 5.73 Å². The molecule has 1 aliphatic heterocycles. The lowest BCUT2D eigenvalue weighted by Crippen LogP contribution is -2.33. The first-order valence-electron chi connectivity index (χ1n) is 8.36. The van der Waals surface area contributed by atoms with Crippen LogP contribution in [-0.4, -0.2) is 30.5 Å². The van der Waals surface area contributed by atoms with Crippen LogP contribution in [0.2, 0.25) is 0 Å². The molecule has 2 aromatic rings. The second-order valence-corrected chi connectivity index (χ2v) is 6.41. The fourth-order valence-electron chi connectivity index (χ4n) is 3.38. The minimum atomic E-state index is 0.